The fraction of sp³-hybridized carbons (Fsp3) is 0.853. The van der Waals surface area contributed by atoms with Crippen molar-refractivity contribution in [1.82, 2.24) is 5.32 Å². The van der Waals surface area contributed by atoms with E-state index < -0.39 is 20.0 Å². The van der Waals surface area contributed by atoms with Crippen LogP contribution in [-0.4, -0.2) is 47.8 Å². The van der Waals surface area contributed by atoms with Crippen LogP contribution in [0.1, 0.15) is 155 Å². The monoisotopic (exact) mass is 630 g/mol. The van der Waals surface area contributed by atoms with Crippen LogP contribution in [0.2, 0.25) is 0 Å². The van der Waals surface area contributed by atoms with Crippen molar-refractivity contribution in [3.63, 3.8) is 0 Å². The Morgan fingerprint density at radius 2 is 1.26 bits per heavy atom. The number of carbonyl (C=O) groups excluding carboxylic acids is 1. The third-order valence-corrected chi connectivity index (χ3v) is 8.57. The van der Waals surface area contributed by atoms with Gasteiger partial charge in [0.2, 0.25) is 5.91 Å². The van der Waals surface area contributed by atoms with Crippen molar-refractivity contribution < 1.29 is 28.4 Å². The van der Waals surface area contributed by atoms with Crippen molar-refractivity contribution in [2.45, 2.75) is 167 Å². The molecule has 0 aliphatic carbocycles. The number of nitrogens with two attached hydrogens (primary N) is 1. The van der Waals surface area contributed by atoms with Crippen molar-refractivity contribution in [3.8, 4) is 0 Å². The fourth-order valence-corrected chi connectivity index (χ4v) is 5.65. The Kier molecular flexibility index (Phi) is 30.2. The van der Waals surface area contributed by atoms with Gasteiger partial charge in [-0.2, -0.15) is 0 Å². The van der Waals surface area contributed by atoms with Crippen LogP contribution in [0.5, 0.6) is 0 Å². The number of carbonyl (C=O) groups is 1. The van der Waals surface area contributed by atoms with Crippen LogP contribution >= 0.6 is 7.82 Å². The predicted octanol–water partition coefficient (Wildman–Crippen LogP) is 8.66. The molecule has 0 bridgehead atoms. The summed E-state index contributed by atoms with van der Waals surface area (Å²) in [4.78, 5) is 22.5. The van der Waals surface area contributed by atoms with E-state index in [0.717, 1.165) is 32.1 Å². The number of rotatable bonds is 32. The zero-order valence-electron chi connectivity index (χ0n) is 27.7. The van der Waals surface area contributed by atoms with Gasteiger partial charge in [0.05, 0.1) is 25.4 Å². The highest BCUT2D eigenvalue weighted by Gasteiger charge is 2.26. The minimum absolute atomic E-state index is 0.0732. The van der Waals surface area contributed by atoms with Crippen LogP contribution in [0, 0.1) is 0 Å². The van der Waals surface area contributed by atoms with E-state index in [1.54, 1.807) is 12.2 Å². The van der Waals surface area contributed by atoms with E-state index in [0.29, 0.717) is 6.42 Å². The third kappa shape index (κ3) is 29.5. The van der Waals surface area contributed by atoms with E-state index in [-0.39, 0.29) is 25.7 Å². The second-order valence-corrected chi connectivity index (χ2v) is 13.2. The van der Waals surface area contributed by atoms with Crippen molar-refractivity contribution in [2.24, 2.45) is 5.73 Å². The van der Waals surface area contributed by atoms with Crippen LogP contribution in [0.15, 0.2) is 24.3 Å². The highest BCUT2D eigenvalue weighted by molar-refractivity contribution is 7.47. The molecule has 0 rings (SSSR count). The summed E-state index contributed by atoms with van der Waals surface area (Å²) >= 11 is 0. The molecule has 1 unspecified atom stereocenters. The molecule has 5 N–H and O–H groups in total. The molecule has 0 fully saturated rings. The molecule has 0 saturated heterocycles. The largest absolute Gasteiger partial charge is 0.472 e. The first-order valence-corrected chi connectivity index (χ1v) is 19.0. The predicted molar refractivity (Wildman–Crippen MR) is 180 cm³/mol. The molecule has 0 aliphatic heterocycles. The molecular formula is C34H67N2O6P. The summed E-state index contributed by atoms with van der Waals surface area (Å²) in [6.07, 6.45) is 32.3. The number of nitrogens with one attached hydrogen (secondary N) is 1. The van der Waals surface area contributed by atoms with E-state index >= 15 is 0 Å². The van der Waals surface area contributed by atoms with Gasteiger partial charge in [0, 0.05) is 13.0 Å². The average molecular weight is 631 g/mol. The van der Waals surface area contributed by atoms with E-state index in [1.807, 2.05) is 6.08 Å². The lowest BCUT2D eigenvalue weighted by atomic mass is 10.0. The summed E-state index contributed by atoms with van der Waals surface area (Å²) in [5.41, 5.74) is 5.33. The maximum atomic E-state index is 12.6. The SMILES string of the molecule is CCCCCCCCC/C=C/C=C/[C@@H](O)[C@H](COP(=O)(O)OCCN)NC(=O)CCCCCCCCCCCCCCC. The molecule has 9 heteroatoms. The number of phosphoric acid groups is 1. The third-order valence-electron chi connectivity index (χ3n) is 7.59. The van der Waals surface area contributed by atoms with Crippen molar-refractivity contribution in [3.05, 3.63) is 24.3 Å². The highest BCUT2D eigenvalue weighted by atomic mass is 31.2. The van der Waals surface area contributed by atoms with Gasteiger partial charge in [0.25, 0.3) is 0 Å². The molecule has 254 valence electrons. The van der Waals surface area contributed by atoms with Crippen molar-refractivity contribution >= 4 is 13.7 Å². The topological polar surface area (TPSA) is 131 Å². The lowest BCUT2D eigenvalue weighted by molar-refractivity contribution is -0.123. The molecule has 8 nitrogen and oxygen atoms in total. The molecule has 43 heavy (non-hydrogen) atoms. The van der Waals surface area contributed by atoms with Crippen LogP contribution in [-0.2, 0) is 18.4 Å². The zero-order valence-corrected chi connectivity index (χ0v) is 28.6. The Balaban J connectivity index is 4.42. The van der Waals surface area contributed by atoms with Gasteiger partial charge >= 0.3 is 7.82 Å². The Bertz CT molecular complexity index is 734. The van der Waals surface area contributed by atoms with Crippen molar-refractivity contribution in [2.75, 3.05) is 19.8 Å². The fourth-order valence-electron chi connectivity index (χ4n) is 4.89. The van der Waals surface area contributed by atoms with Crippen LogP contribution < -0.4 is 11.1 Å². The Morgan fingerprint density at radius 3 is 1.77 bits per heavy atom. The minimum atomic E-state index is -4.33. The minimum Gasteiger partial charge on any atom is -0.387 e. The van der Waals surface area contributed by atoms with Crippen LogP contribution in [0.25, 0.3) is 0 Å². The summed E-state index contributed by atoms with van der Waals surface area (Å²) in [6, 6.07) is -0.885. The quantitative estimate of drug-likeness (QED) is 0.0332. The molecule has 1 amide bonds. The first-order chi connectivity index (χ1) is 20.9. The van der Waals surface area contributed by atoms with Crippen LogP contribution in [0.3, 0.4) is 0 Å². The Hall–Kier alpha value is -1.02. The Labute approximate surface area is 264 Å². The normalized spacial score (nSPS) is 14.8. The summed E-state index contributed by atoms with van der Waals surface area (Å²) in [5, 5.41) is 13.5. The van der Waals surface area contributed by atoms with E-state index in [1.165, 1.54) is 103 Å². The molecule has 0 aromatic carbocycles. The number of hydrogen-bond acceptors (Lipinski definition) is 6. The number of hydrogen-bond donors (Lipinski definition) is 4. The average Bonchev–Trinajstić information content (AvgIpc) is 2.99. The smallest absolute Gasteiger partial charge is 0.387 e. The maximum absolute atomic E-state index is 12.6. The molecule has 0 aromatic heterocycles. The molecular weight excluding hydrogens is 563 g/mol. The molecule has 3 atom stereocenters. The van der Waals surface area contributed by atoms with Crippen LogP contribution in [0.4, 0.5) is 0 Å². The van der Waals surface area contributed by atoms with E-state index in [4.69, 9.17) is 14.8 Å². The van der Waals surface area contributed by atoms with Gasteiger partial charge < -0.3 is 21.1 Å². The number of phosphoric ester groups is 1. The summed E-state index contributed by atoms with van der Waals surface area (Å²) in [5.74, 6) is -0.214. The molecule has 0 aromatic rings. The number of aliphatic hydroxyl groups is 1. The molecule has 0 spiro atoms. The Morgan fingerprint density at radius 1 is 0.767 bits per heavy atom. The van der Waals surface area contributed by atoms with Gasteiger partial charge in [-0.3, -0.25) is 13.8 Å². The zero-order chi connectivity index (χ0) is 31.9. The standard InChI is InChI=1S/C34H67N2O6P/c1-3-5-7-9-11-13-15-16-18-20-22-24-26-28-34(38)36-32(31-42-43(39,40)41-30-29-35)33(37)27-25-23-21-19-17-14-12-10-8-6-4-2/h21,23,25,27,32-33,37H,3-20,22,24,26,28-31,35H2,1-2H3,(H,36,38)(H,39,40)/b23-21+,27-25+/t32-,33+/m0/s1. The molecule has 0 aliphatic rings. The number of amides is 1. The lowest BCUT2D eigenvalue weighted by Gasteiger charge is -2.23. The van der Waals surface area contributed by atoms with Gasteiger partial charge in [-0.25, -0.2) is 4.57 Å². The summed E-state index contributed by atoms with van der Waals surface area (Å²) in [7, 11) is -4.33. The molecule has 0 saturated carbocycles. The van der Waals surface area contributed by atoms with E-state index in [2.05, 4.69) is 25.2 Å². The number of aliphatic hydroxyl groups excluding tert-OH is 1. The molecule has 0 heterocycles. The highest BCUT2D eigenvalue weighted by Crippen LogP contribution is 2.43. The number of allylic oxidation sites excluding steroid dienone is 3. The van der Waals surface area contributed by atoms with Gasteiger partial charge in [0.1, 0.15) is 0 Å². The summed E-state index contributed by atoms with van der Waals surface area (Å²) in [6.45, 7) is 4.05. The molecule has 0 radical (unpaired) electrons. The van der Waals surface area contributed by atoms with E-state index in [9.17, 15) is 19.4 Å². The second kappa shape index (κ2) is 31.0. The van der Waals surface area contributed by atoms with Gasteiger partial charge in [-0.1, -0.05) is 154 Å². The second-order valence-electron chi connectivity index (χ2n) is 11.8. The number of unbranched alkanes of at least 4 members (excludes halogenated alkanes) is 19. The lowest BCUT2D eigenvalue weighted by Crippen LogP contribution is -2.45. The first kappa shape index (κ1) is 42.0. The van der Waals surface area contributed by atoms with Gasteiger partial charge in [0.15, 0.2) is 0 Å². The van der Waals surface area contributed by atoms with Gasteiger partial charge in [-0.05, 0) is 19.3 Å². The van der Waals surface area contributed by atoms with Crippen molar-refractivity contribution in [1.29, 1.82) is 0 Å². The first-order valence-electron chi connectivity index (χ1n) is 17.5. The summed E-state index contributed by atoms with van der Waals surface area (Å²) < 4.78 is 21.9. The maximum Gasteiger partial charge on any atom is 0.472 e. The van der Waals surface area contributed by atoms with Gasteiger partial charge in [-0.15, -0.1) is 0 Å².